The summed E-state index contributed by atoms with van der Waals surface area (Å²) < 4.78 is 0. The molecular formula is C32H40FeP2+2. The molecule has 0 nitrogen and oxygen atoms in total. The fourth-order valence-corrected chi connectivity index (χ4v) is 12.7. The Kier molecular flexibility index (Phi) is 12.5. The van der Waals surface area contributed by atoms with Crippen LogP contribution in [-0.2, 0) is 17.1 Å². The molecule has 2 fully saturated rings. The van der Waals surface area contributed by atoms with Crippen LogP contribution in [0.4, 0.5) is 0 Å². The van der Waals surface area contributed by atoms with Gasteiger partial charge < -0.3 is 0 Å². The average molecular weight is 542 g/mol. The van der Waals surface area contributed by atoms with Gasteiger partial charge in [-0.25, -0.2) is 0 Å². The first-order valence-corrected chi connectivity index (χ1v) is 15.0. The molecule has 184 valence electrons. The molecule has 35 heavy (non-hydrogen) atoms. The zero-order valence-corrected chi connectivity index (χ0v) is 25.1. The number of rotatable bonds is 5. The molecule has 0 aromatic heterocycles. The zero-order chi connectivity index (χ0) is 24.8. The minimum atomic E-state index is -0.548. The quantitative estimate of drug-likeness (QED) is 0.263. The van der Waals surface area contributed by atoms with Crippen molar-refractivity contribution in [2.24, 2.45) is 0 Å². The topological polar surface area (TPSA) is 0 Å². The summed E-state index contributed by atoms with van der Waals surface area (Å²) >= 11 is 0. The van der Waals surface area contributed by atoms with Crippen molar-refractivity contribution in [3.8, 4) is 0 Å². The van der Waals surface area contributed by atoms with Crippen molar-refractivity contribution in [2.45, 2.75) is 64.4 Å². The van der Waals surface area contributed by atoms with Gasteiger partial charge in [0.25, 0.3) is 0 Å². The van der Waals surface area contributed by atoms with Gasteiger partial charge in [0.15, 0.2) is 0 Å². The molecule has 1 atom stereocenters. The Balaban J connectivity index is 0.000000640. The SMILES string of the molecule is C[C@H]([C]1[CH][CH][CH][C]1P(c1ccccc1)c1ccccc1)P(C(C)(C)C)C(C)(C)C.[CH]1[CH][CH][CH][CH]1.[Fe+2]. The summed E-state index contributed by atoms with van der Waals surface area (Å²) in [6.07, 6.45) is 17.1. The molecule has 0 unspecified atom stereocenters. The zero-order valence-electron chi connectivity index (χ0n) is 22.2. The van der Waals surface area contributed by atoms with Crippen molar-refractivity contribution in [1.82, 2.24) is 0 Å². The number of hydrogen-bond donors (Lipinski definition) is 0. The van der Waals surface area contributed by atoms with Crippen LogP contribution in [0, 0.1) is 62.9 Å². The third-order valence-electron chi connectivity index (χ3n) is 5.93. The molecule has 3 heteroatoms. The van der Waals surface area contributed by atoms with Crippen molar-refractivity contribution in [1.29, 1.82) is 0 Å². The average Bonchev–Trinajstić information content (AvgIpc) is 3.49. The van der Waals surface area contributed by atoms with Gasteiger partial charge in [0.05, 0.1) is 0 Å². The van der Waals surface area contributed by atoms with Crippen LogP contribution in [0.3, 0.4) is 0 Å². The van der Waals surface area contributed by atoms with E-state index in [0.29, 0.717) is 16.0 Å². The normalized spacial score (nSPS) is 18.3. The predicted octanol–water partition coefficient (Wildman–Crippen LogP) is 8.34. The third kappa shape index (κ3) is 8.68. The Morgan fingerprint density at radius 3 is 1.34 bits per heavy atom. The molecule has 0 amide bonds. The van der Waals surface area contributed by atoms with Crippen molar-refractivity contribution in [3.05, 3.63) is 124 Å². The van der Waals surface area contributed by atoms with Crippen LogP contribution < -0.4 is 10.6 Å². The van der Waals surface area contributed by atoms with Gasteiger partial charge in [0, 0.05) is 5.66 Å². The van der Waals surface area contributed by atoms with Gasteiger partial charge in [-0.05, 0) is 91.8 Å². The van der Waals surface area contributed by atoms with Crippen LogP contribution in [-0.4, -0.2) is 16.0 Å². The van der Waals surface area contributed by atoms with Crippen molar-refractivity contribution < 1.29 is 17.1 Å². The van der Waals surface area contributed by atoms with Crippen LogP contribution in [0.1, 0.15) is 48.5 Å². The number of hydrogen-bond acceptors (Lipinski definition) is 0. The number of benzene rings is 2. The van der Waals surface area contributed by atoms with Crippen molar-refractivity contribution in [2.75, 3.05) is 0 Å². The van der Waals surface area contributed by atoms with E-state index < -0.39 is 7.92 Å². The summed E-state index contributed by atoms with van der Waals surface area (Å²) in [4.78, 5) is 0. The van der Waals surface area contributed by atoms with Crippen LogP contribution in [0.25, 0.3) is 0 Å². The molecule has 2 aromatic carbocycles. The van der Waals surface area contributed by atoms with Crippen molar-refractivity contribution >= 4 is 26.5 Å². The maximum atomic E-state index is 2.48. The molecule has 0 saturated heterocycles. The van der Waals surface area contributed by atoms with E-state index in [4.69, 9.17) is 0 Å². The Bertz CT molecular complexity index is 772. The molecule has 0 heterocycles. The first-order chi connectivity index (χ1) is 16.1. The fourth-order valence-electron chi connectivity index (χ4n) is 5.19. The second-order valence-corrected chi connectivity index (χ2v) is 17.1. The van der Waals surface area contributed by atoms with Crippen LogP contribution in [0.5, 0.6) is 0 Å². The van der Waals surface area contributed by atoms with Gasteiger partial charge in [-0.3, -0.25) is 0 Å². The molecule has 4 rings (SSSR count). The molecule has 0 aliphatic heterocycles. The largest absolute Gasteiger partial charge is 2.00 e. The first-order valence-electron chi connectivity index (χ1n) is 12.2. The fraction of sp³-hybridized carbons (Fsp3) is 0.312. The minimum Gasteiger partial charge on any atom is -0.0921 e. The van der Waals surface area contributed by atoms with Crippen LogP contribution >= 0.6 is 15.8 Å². The summed E-state index contributed by atoms with van der Waals surface area (Å²) in [6, 6.07) is 22.2. The predicted molar refractivity (Wildman–Crippen MR) is 156 cm³/mol. The van der Waals surface area contributed by atoms with Gasteiger partial charge in [0.1, 0.15) is 0 Å². The van der Waals surface area contributed by atoms with Gasteiger partial charge in [-0.15, -0.1) is 0 Å². The van der Waals surface area contributed by atoms with E-state index in [2.05, 4.69) is 128 Å². The molecular weight excluding hydrogens is 502 g/mol. The van der Waals surface area contributed by atoms with E-state index in [1.165, 1.54) is 16.3 Å². The maximum Gasteiger partial charge on any atom is 2.00 e. The molecule has 0 N–H and O–H groups in total. The smallest absolute Gasteiger partial charge is 0.0921 e. The van der Waals surface area contributed by atoms with Gasteiger partial charge in [-0.1, -0.05) is 117 Å². The van der Waals surface area contributed by atoms with E-state index in [0.717, 1.165) is 0 Å². The van der Waals surface area contributed by atoms with Gasteiger partial charge in [-0.2, -0.15) is 0 Å². The molecule has 10 radical (unpaired) electrons. The second kappa shape index (κ2) is 14.1. The Morgan fingerprint density at radius 2 is 0.971 bits per heavy atom. The summed E-state index contributed by atoms with van der Waals surface area (Å²) in [5.74, 6) is 1.56. The van der Waals surface area contributed by atoms with E-state index in [1.807, 2.05) is 32.1 Å². The monoisotopic (exact) mass is 542 g/mol. The molecule has 2 aromatic rings. The molecule has 0 bridgehead atoms. The summed E-state index contributed by atoms with van der Waals surface area (Å²) in [5, 5.41) is 3.49. The van der Waals surface area contributed by atoms with Gasteiger partial charge >= 0.3 is 17.1 Å². The molecule has 2 aliphatic carbocycles. The summed E-state index contributed by atoms with van der Waals surface area (Å²) in [5.41, 5.74) is 2.10. The Morgan fingerprint density at radius 1 is 0.571 bits per heavy atom. The second-order valence-electron chi connectivity index (χ2n) is 10.7. The molecule has 2 aliphatic rings. The summed E-state index contributed by atoms with van der Waals surface area (Å²) in [6.45, 7) is 17.1. The standard InChI is InChI=1S/C27H35P2.C5H5.Fe/c1-21(29(26(2,3)4)27(5,6)7)24-19-14-20-25(24)28(22-15-10-8-11-16-22)23-17-12-9-13-18-23;1-2-4-5-3-1;/h8-21H,1-7H3;1-5H;/q;;+2/t21-;;/m1../s1. The minimum absolute atomic E-state index is 0. The van der Waals surface area contributed by atoms with Crippen LogP contribution in [0.15, 0.2) is 60.7 Å². The van der Waals surface area contributed by atoms with Crippen LogP contribution in [0.2, 0.25) is 0 Å². The Labute approximate surface area is 230 Å². The molecule has 0 spiro atoms. The Hall–Kier alpha value is -0.181. The first kappa shape index (κ1) is 31.0. The van der Waals surface area contributed by atoms with E-state index in [-0.39, 0.29) is 25.0 Å². The maximum absolute atomic E-state index is 2.48. The van der Waals surface area contributed by atoms with E-state index in [9.17, 15) is 0 Å². The van der Waals surface area contributed by atoms with E-state index in [1.54, 1.807) is 5.92 Å². The van der Waals surface area contributed by atoms with E-state index >= 15 is 0 Å². The molecule has 2 saturated carbocycles. The van der Waals surface area contributed by atoms with Crippen molar-refractivity contribution in [3.63, 3.8) is 0 Å². The van der Waals surface area contributed by atoms with Gasteiger partial charge in [0.2, 0.25) is 0 Å². The summed E-state index contributed by atoms with van der Waals surface area (Å²) in [7, 11) is -0.771. The third-order valence-corrected chi connectivity index (χ3v) is 12.4.